The minimum atomic E-state index is -1.79. The summed E-state index contributed by atoms with van der Waals surface area (Å²) in [5.74, 6) is -0.248. The zero-order valence-corrected chi connectivity index (χ0v) is 62.1. The molecule has 14 heteroatoms. The molecule has 0 saturated carbocycles. The lowest BCUT2D eigenvalue weighted by atomic mass is 9.97. The molecule has 0 aromatic heterocycles. The van der Waals surface area contributed by atoms with Crippen molar-refractivity contribution in [2.24, 2.45) is 0 Å². The third kappa shape index (κ3) is 49.6. The van der Waals surface area contributed by atoms with Gasteiger partial charge in [0.25, 0.3) is 0 Å². The molecule has 0 aromatic carbocycles. The van der Waals surface area contributed by atoms with Crippen molar-refractivity contribution >= 4 is 5.91 Å². The van der Waals surface area contributed by atoms with E-state index in [4.69, 9.17) is 18.9 Å². The standard InChI is InChI=1S/C83H151NO13/c1-3-5-7-9-11-13-15-17-19-21-23-25-27-28-29-30-31-32-33-34-35-36-37-38-39-40-41-42-43-44-45-47-49-51-53-55-57-59-61-63-65-67-75(88)84-71(70-94-82-80(93)78(91)81(74(69-86)96-82)97-83-79(92)77(90)76(89)73(68-85)95-83)72(87)66-64-62-60-58-56-54-52-50-48-46-26-24-22-20-18-16-14-12-10-8-6-4-2/h15,17,21,23,27-28,48,50,56,58,64,66,71-74,76-83,85-87,89-93H,3-14,16,18-20,22,24-26,29-47,49,51-55,57,59-63,65,67-70H2,1-2H3,(H,84,88)/b17-15-,23-21-,28-27-,50-48+,58-56+,66-64+. The van der Waals surface area contributed by atoms with Gasteiger partial charge in [0, 0.05) is 6.42 Å². The Kier molecular flexibility index (Phi) is 62.2. The third-order valence-corrected chi connectivity index (χ3v) is 19.6. The van der Waals surface area contributed by atoms with Gasteiger partial charge in [-0.1, -0.05) is 337 Å². The number of rotatable bonds is 68. The van der Waals surface area contributed by atoms with Crippen LogP contribution in [0.15, 0.2) is 72.9 Å². The van der Waals surface area contributed by atoms with Gasteiger partial charge in [-0.05, 0) is 83.5 Å². The highest BCUT2D eigenvalue weighted by molar-refractivity contribution is 5.76. The summed E-state index contributed by atoms with van der Waals surface area (Å²) in [6.45, 7) is 2.80. The Morgan fingerprint density at radius 2 is 0.691 bits per heavy atom. The maximum Gasteiger partial charge on any atom is 0.220 e. The van der Waals surface area contributed by atoms with E-state index in [-0.39, 0.29) is 18.9 Å². The van der Waals surface area contributed by atoms with Crippen LogP contribution in [0.1, 0.15) is 354 Å². The predicted molar refractivity (Wildman–Crippen MR) is 401 cm³/mol. The van der Waals surface area contributed by atoms with E-state index < -0.39 is 86.8 Å². The lowest BCUT2D eigenvalue weighted by molar-refractivity contribution is -0.359. The highest BCUT2D eigenvalue weighted by Crippen LogP contribution is 2.30. The Labute approximate surface area is 593 Å². The summed E-state index contributed by atoms with van der Waals surface area (Å²) in [5, 5.41) is 87.6. The molecule has 0 aliphatic carbocycles. The van der Waals surface area contributed by atoms with Gasteiger partial charge in [-0.2, -0.15) is 0 Å². The Balaban J connectivity index is 1.58. The van der Waals surface area contributed by atoms with Gasteiger partial charge in [-0.3, -0.25) is 4.79 Å². The SMILES string of the molecule is CCCCCCC/C=C\C/C=C\C/C=C\CCCCCCCCCCCCCCCCCCCCCCCCCCCCC(=O)NC(COC1OC(CO)C(OC2OC(CO)C(O)C(O)C2O)C(O)C1O)C(O)/C=C/CC/C=C/CC/C=C/CCCCCCCCCCCCCC. The summed E-state index contributed by atoms with van der Waals surface area (Å²) in [4.78, 5) is 13.4. The molecular weight excluding hydrogens is 1220 g/mol. The zero-order valence-electron chi connectivity index (χ0n) is 62.1. The van der Waals surface area contributed by atoms with Gasteiger partial charge >= 0.3 is 0 Å². The van der Waals surface area contributed by atoms with Crippen LogP contribution >= 0.6 is 0 Å². The van der Waals surface area contributed by atoms with Crippen LogP contribution in [0.25, 0.3) is 0 Å². The maximum absolute atomic E-state index is 13.4. The first-order valence-corrected chi connectivity index (χ1v) is 40.7. The van der Waals surface area contributed by atoms with Crippen LogP contribution in [0.3, 0.4) is 0 Å². The number of aliphatic hydroxyl groups excluding tert-OH is 8. The molecule has 9 N–H and O–H groups in total. The van der Waals surface area contributed by atoms with E-state index >= 15 is 0 Å². The average molecular weight is 1370 g/mol. The van der Waals surface area contributed by atoms with Gasteiger partial charge in [0.1, 0.15) is 48.8 Å². The Hall–Kier alpha value is -2.57. The average Bonchev–Trinajstić information content (AvgIpc) is 0.794. The van der Waals surface area contributed by atoms with Crippen molar-refractivity contribution < 1.29 is 64.6 Å². The second-order valence-electron chi connectivity index (χ2n) is 28.5. The first-order valence-electron chi connectivity index (χ1n) is 40.7. The fourth-order valence-corrected chi connectivity index (χ4v) is 13.2. The Bertz CT molecular complexity index is 1910. The zero-order chi connectivity index (χ0) is 70.1. The maximum atomic E-state index is 13.4. The van der Waals surface area contributed by atoms with E-state index in [9.17, 15) is 45.6 Å². The van der Waals surface area contributed by atoms with E-state index in [1.807, 2.05) is 6.08 Å². The van der Waals surface area contributed by atoms with Gasteiger partial charge in [0.2, 0.25) is 5.91 Å². The lowest BCUT2D eigenvalue weighted by Crippen LogP contribution is -2.65. The molecule has 0 radical (unpaired) electrons. The summed E-state index contributed by atoms with van der Waals surface area (Å²) in [7, 11) is 0. The van der Waals surface area contributed by atoms with Crippen molar-refractivity contribution in [1.82, 2.24) is 5.32 Å². The summed E-state index contributed by atoms with van der Waals surface area (Å²) in [6.07, 6.45) is 75.7. The number of carbonyl (C=O) groups excluding carboxylic acids is 1. The number of hydrogen-bond acceptors (Lipinski definition) is 13. The summed E-state index contributed by atoms with van der Waals surface area (Å²) < 4.78 is 22.9. The van der Waals surface area contributed by atoms with Gasteiger partial charge in [-0.15, -0.1) is 0 Å². The molecule has 0 aromatic rings. The normalized spacial score (nSPS) is 22.5. The number of carbonyl (C=O) groups is 1. The molecule has 0 spiro atoms. The monoisotopic (exact) mass is 1370 g/mol. The van der Waals surface area contributed by atoms with Gasteiger partial charge in [0.05, 0.1) is 32.0 Å². The lowest BCUT2D eigenvalue weighted by Gasteiger charge is -2.46. The molecule has 12 atom stereocenters. The van der Waals surface area contributed by atoms with Crippen molar-refractivity contribution in [3.05, 3.63) is 72.9 Å². The number of aliphatic hydroxyl groups is 8. The smallest absolute Gasteiger partial charge is 0.220 e. The fourth-order valence-electron chi connectivity index (χ4n) is 13.2. The van der Waals surface area contributed by atoms with Crippen LogP contribution in [-0.4, -0.2) is 140 Å². The molecule has 0 bridgehead atoms. The second kappa shape index (κ2) is 66.7. The molecule has 566 valence electrons. The molecule has 2 saturated heterocycles. The minimum absolute atomic E-state index is 0.248. The summed E-state index contributed by atoms with van der Waals surface area (Å²) >= 11 is 0. The van der Waals surface area contributed by atoms with E-state index in [0.29, 0.717) is 12.8 Å². The third-order valence-electron chi connectivity index (χ3n) is 19.6. The molecule has 14 nitrogen and oxygen atoms in total. The molecular formula is C83H151NO13. The number of nitrogens with one attached hydrogen (secondary N) is 1. The number of ether oxygens (including phenoxy) is 4. The van der Waals surface area contributed by atoms with Crippen molar-refractivity contribution in [2.75, 3.05) is 19.8 Å². The van der Waals surface area contributed by atoms with Crippen LogP contribution in [0.5, 0.6) is 0 Å². The molecule has 2 aliphatic heterocycles. The minimum Gasteiger partial charge on any atom is -0.394 e. The molecule has 2 rings (SSSR count). The largest absolute Gasteiger partial charge is 0.394 e. The molecule has 1 amide bonds. The van der Waals surface area contributed by atoms with E-state index in [1.54, 1.807) is 6.08 Å². The molecule has 97 heavy (non-hydrogen) atoms. The number of unbranched alkanes of at least 4 members (excludes halogenated alkanes) is 45. The highest BCUT2D eigenvalue weighted by Gasteiger charge is 2.51. The van der Waals surface area contributed by atoms with Crippen molar-refractivity contribution in [1.29, 1.82) is 0 Å². The second-order valence-corrected chi connectivity index (χ2v) is 28.5. The number of hydrogen-bond donors (Lipinski definition) is 9. The van der Waals surface area contributed by atoms with E-state index in [1.165, 1.54) is 263 Å². The summed E-state index contributed by atoms with van der Waals surface area (Å²) in [6, 6.07) is -0.940. The van der Waals surface area contributed by atoms with Gasteiger partial charge in [-0.25, -0.2) is 0 Å². The summed E-state index contributed by atoms with van der Waals surface area (Å²) in [5.41, 5.74) is 0. The van der Waals surface area contributed by atoms with Crippen molar-refractivity contribution in [3.8, 4) is 0 Å². The van der Waals surface area contributed by atoms with E-state index in [2.05, 4.69) is 79.9 Å². The predicted octanol–water partition coefficient (Wildman–Crippen LogP) is 18.5. The van der Waals surface area contributed by atoms with Crippen LogP contribution in [0.2, 0.25) is 0 Å². The number of allylic oxidation sites excluding steroid dienone is 11. The van der Waals surface area contributed by atoms with Crippen LogP contribution < -0.4 is 5.32 Å². The fraction of sp³-hybridized carbons (Fsp3) is 0.843. The van der Waals surface area contributed by atoms with Crippen molar-refractivity contribution in [3.63, 3.8) is 0 Å². The van der Waals surface area contributed by atoms with Gasteiger partial charge < -0.3 is 65.1 Å². The highest BCUT2D eigenvalue weighted by atomic mass is 16.7. The molecule has 2 aliphatic rings. The van der Waals surface area contributed by atoms with Crippen LogP contribution in [0, 0.1) is 0 Å². The molecule has 12 unspecified atom stereocenters. The quantitative estimate of drug-likeness (QED) is 0.0204. The van der Waals surface area contributed by atoms with Crippen molar-refractivity contribution in [2.45, 2.75) is 428 Å². The molecule has 2 fully saturated rings. The molecule has 2 heterocycles. The van der Waals surface area contributed by atoms with Gasteiger partial charge in [0.15, 0.2) is 12.6 Å². The first-order chi connectivity index (χ1) is 47.6. The first kappa shape index (κ1) is 90.5. The van der Waals surface area contributed by atoms with Crippen LogP contribution in [-0.2, 0) is 23.7 Å². The Morgan fingerprint density at radius 1 is 0.371 bits per heavy atom. The van der Waals surface area contributed by atoms with E-state index in [0.717, 1.165) is 57.8 Å². The topological polar surface area (TPSA) is 228 Å². The van der Waals surface area contributed by atoms with Crippen LogP contribution in [0.4, 0.5) is 0 Å². The Morgan fingerprint density at radius 3 is 1.08 bits per heavy atom. The number of amides is 1.